The lowest BCUT2D eigenvalue weighted by atomic mass is 10.1. The lowest BCUT2D eigenvalue weighted by Crippen LogP contribution is -2.25. The van der Waals surface area contributed by atoms with Gasteiger partial charge < -0.3 is 5.11 Å². The monoisotopic (exact) mass is 277 g/mol. The van der Waals surface area contributed by atoms with Crippen molar-refractivity contribution >= 4 is 27.6 Å². The van der Waals surface area contributed by atoms with E-state index in [1.165, 1.54) is 25.2 Å². The van der Waals surface area contributed by atoms with Crippen molar-refractivity contribution in [3.05, 3.63) is 34.3 Å². The van der Waals surface area contributed by atoms with Crippen LogP contribution in [0.2, 0.25) is 5.02 Å². The SMILES string of the molecule is CN(Cc1cc(Cl)ccc1C(=O)O)S(C)(=O)=O. The molecule has 0 heterocycles. The highest BCUT2D eigenvalue weighted by Gasteiger charge is 2.16. The van der Waals surface area contributed by atoms with E-state index in [1.807, 2.05) is 0 Å². The van der Waals surface area contributed by atoms with Crippen molar-refractivity contribution in [2.75, 3.05) is 13.3 Å². The minimum Gasteiger partial charge on any atom is -0.478 e. The van der Waals surface area contributed by atoms with Gasteiger partial charge in [0.1, 0.15) is 0 Å². The van der Waals surface area contributed by atoms with Gasteiger partial charge in [0, 0.05) is 18.6 Å². The average Bonchev–Trinajstić information content (AvgIpc) is 2.15. The molecule has 1 aromatic rings. The Hall–Kier alpha value is -1.11. The Labute approximate surface area is 105 Å². The van der Waals surface area contributed by atoms with Gasteiger partial charge in [0.05, 0.1) is 11.8 Å². The van der Waals surface area contributed by atoms with Crippen LogP contribution in [0.25, 0.3) is 0 Å². The van der Waals surface area contributed by atoms with Crippen LogP contribution in [0.3, 0.4) is 0 Å². The first-order chi connectivity index (χ1) is 7.71. The van der Waals surface area contributed by atoms with Gasteiger partial charge in [0.2, 0.25) is 10.0 Å². The van der Waals surface area contributed by atoms with Crippen molar-refractivity contribution in [1.82, 2.24) is 4.31 Å². The quantitative estimate of drug-likeness (QED) is 0.903. The van der Waals surface area contributed by atoms with Crippen LogP contribution in [-0.2, 0) is 16.6 Å². The number of sulfonamides is 1. The van der Waals surface area contributed by atoms with E-state index >= 15 is 0 Å². The van der Waals surface area contributed by atoms with Crippen LogP contribution in [0.4, 0.5) is 0 Å². The van der Waals surface area contributed by atoms with Gasteiger partial charge in [-0.05, 0) is 23.8 Å². The third-order valence-corrected chi connectivity index (χ3v) is 3.75. The number of carboxylic acid groups (broad SMARTS) is 1. The number of nitrogens with zero attached hydrogens (tertiary/aromatic N) is 1. The molecule has 0 saturated heterocycles. The average molecular weight is 278 g/mol. The molecule has 0 unspecified atom stereocenters. The second-order valence-electron chi connectivity index (χ2n) is 3.63. The van der Waals surface area contributed by atoms with E-state index in [0.29, 0.717) is 10.6 Å². The van der Waals surface area contributed by atoms with Crippen molar-refractivity contribution in [1.29, 1.82) is 0 Å². The van der Waals surface area contributed by atoms with Gasteiger partial charge in [-0.25, -0.2) is 17.5 Å². The number of hydrogen-bond acceptors (Lipinski definition) is 3. The lowest BCUT2D eigenvalue weighted by Gasteiger charge is -2.15. The summed E-state index contributed by atoms with van der Waals surface area (Å²) in [6, 6.07) is 4.26. The molecule has 0 saturated carbocycles. The highest BCUT2D eigenvalue weighted by molar-refractivity contribution is 7.88. The Morgan fingerprint density at radius 2 is 2.06 bits per heavy atom. The van der Waals surface area contributed by atoms with E-state index in [1.54, 1.807) is 0 Å². The molecule has 0 aliphatic rings. The highest BCUT2D eigenvalue weighted by atomic mass is 35.5. The van der Waals surface area contributed by atoms with Gasteiger partial charge in [-0.1, -0.05) is 11.6 Å². The van der Waals surface area contributed by atoms with Crippen LogP contribution in [0, 0.1) is 0 Å². The van der Waals surface area contributed by atoms with Gasteiger partial charge in [-0.2, -0.15) is 0 Å². The maximum absolute atomic E-state index is 11.2. The number of carboxylic acids is 1. The summed E-state index contributed by atoms with van der Waals surface area (Å²) in [7, 11) is -1.98. The number of rotatable bonds is 4. The first-order valence-electron chi connectivity index (χ1n) is 4.65. The first-order valence-corrected chi connectivity index (χ1v) is 6.87. The van der Waals surface area contributed by atoms with E-state index in [-0.39, 0.29) is 12.1 Å². The van der Waals surface area contributed by atoms with Crippen molar-refractivity contribution in [3.8, 4) is 0 Å². The largest absolute Gasteiger partial charge is 0.478 e. The number of carbonyl (C=O) groups is 1. The van der Waals surface area contributed by atoms with Crippen LogP contribution >= 0.6 is 11.6 Å². The van der Waals surface area contributed by atoms with E-state index in [9.17, 15) is 13.2 Å². The predicted molar refractivity (Wildman–Crippen MR) is 64.7 cm³/mol. The Bertz CT molecular complexity index is 541. The Morgan fingerprint density at radius 3 is 2.53 bits per heavy atom. The molecule has 0 aliphatic heterocycles. The summed E-state index contributed by atoms with van der Waals surface area (Å²) in [5, 5.41) is 9.33. The zero-order valence-corrected chi connectivity index (χ0v) is 10.9. The molecule has 0 fully saturated rings. The van der Waals surface area contributed by atoms with E-state index in [2.05, 4.69) is 0 Å². The van der Waals surface area contributed by atoms with Crippen LogP contribution in [0.15, 0.2) is 18.2 Å². The van der Waals surface area contributed by atoms with Gasteiger partial charge in [0.15, 0.2) is 0 Å². The molecule has 0 bridgehead atoms. The third-order valence-electron chi connectivity index (χ3n) is 2.26. The summed E-state index contributed by atoms with van der Waals surface area (Å²) in [6.45, 7) is -0.0268. The van der Waals surface area contributed by atoms with Crippen LogP contribution in [0.5, 0.6) is 0 Å². The molecule has 1 N–H and O–H groups in total. The normalized spacial score (nSPS) is 11.8. The molecule has 1 aromatic carbocycles. The topological polar surface area (TPSA) is 74.7 Å². The molecule has 7 heteroatoms. The summed E-state index contributed by atoms with van der Waals surface area (Å²) in [4.78, 5) is 11.0. The zero-order chi connectivity index (χ0) is 13.2. The molecule has 0 amide bonds. The predicted octanol–water partition coefficient (Wildman–Crippen LogP) is 1.43. The van der Waals surface area contributed by atoms with Gasteiger partial charge in [-0.15, -0.1) is 0 Å². The third kappa shape index (κ3) is 3.69. The van der Waals surface area contributed by atoms with Crippen molar-refractivity contribution in [2.45, 2.75) is 6.54 Å². The highest BCUT2D eigenvalue weighted by Crippen LogP contribution is 2.18. The second-order valence-corrected chi connectivity index (χ2v) is 6.15. The van der Waals surface area contributed by atoms with Crippen molar-refractivity contribution in [3.63, 3.8) is 0 Å². The molecule has 5 nitrogen and oxygen atoms in total. The van der Waals surface area contributed by atoms with E-state index < -0.39 is 16.0 Å². The van der Waals surface area contributed by atoms with E-state index in [4.69, 9.17) is 16.7 Å². The van der Waals surface area contributed by atoms with Gasteiger partial charge >= 0.3 is 5.97 Å². The Morgan fingerprint density at radius 1 is 1.47 bits per heavy atom. The first kappa shape index (κ1) is 14.0. The molecular weight excluding hydrogens is 266 g/mol. The number of aromatic carboxylic acids is 1. The fourth-order valence-electron chi connectivity index (χ4n) is 1.26. The van der Waals surface area contributed by atoms with Crippen LogP contribution in [-0.4, -0.2) is 37.1 Å². The molecule has 0 aromatic heterocycles. The van der Waals surface area contributed by atoms with Crippen molar-refractivity contribution in [2.24, 2.45) is 0 Å². The molecule has 0 spiro atoms. The number of hydrogen-bond donors (Lipinski definition) is 1. The van der Waals surface area contributed by atoms with Gasteiger partial charge in [-0.3, -0.25) is 0 Å². The molecule has 17 heavy (non-hydrogen) atoms. The summed E-state index contributed by atoms with van der Waals surface area (Å²) in [5.74, 6) is -1.11. The summed E-state index contributed by atoms with van der Waals surface area (Å²) in [5.41, 5.74) is 0.405. The van der Waals surface area contributed by atoms with E-state index in [0.717, 1.165) is 10.6 Å². The maximum atomic E-state index is 11.2. The maximum Gasteiger partial charge on any atom is 0.336 e. The smallest absolute Gasteiger partial charge is 0.336 e. The minimum atomic E-state index is -3.36. The van der Waals surface area contributed by atoms with Crippen LogP contribution < -0.4 is 0 Å². The second kappa shape index (κ2) is 5.03. The molecule has 0 atom stereocenters. The number of benzene rings is 1. The van der Waals surface area contributed by atoms with Crippen LogP contribution in [0.1, 0.15) is 15.9 Å². The summed E-state index contributed by atoms with van der Waals surface area (Å²) in [6.07, 6.45) is 1.05. The van der Waals surface area contributed by atoms with Gasteiger partial charge in [0.25, 0.3) is 0 Å². The fourth-order valence-corrected chi connectivity index (χ4v) is 1.83. The zero-order valence-electron chi connectivity index (χ0n) is 9.34. The lowest BCUT2D eigenvalue weighted by molar-refractivity contribution is 0.0695. The fraction of sp³-hybridized carbons (Fsp3) is 0.300. The molecule has 0 radical (unpaired) electrons. The molecular formula is C10H12ClNO4S. The van der Waals surface area contributed by atoms with Crippen molar-refractivity contribution < 1.29 is 18.3 Å². The Balaban J connectivity index is 3.13. The summed E-state index contributed by atoms with van der Waals surface area (Å²) >= 11 is 5.76. The Kier molecular flexibility index (Phi) is 4.13. The summed E-state index contributed by atoms with van der Waals surface area (Å²) < 4.78 is 23.6. The standard InChI is InChI=1S/C10H12ClNO4S/c1-12(17(2,15)16)6-7-5-8(11)3-4-9(7)10(13)14/h3-5H,6H2,1-2H3,(H,13,14). The molecule has 1 rings (SSSR count). The minimum absolute atomic E-state index is 0.0268. The molecule has 0 aliphatic carbocycles. The molecule has 94 valence electrons. The number of halogens is 1.